The van der Waals surface area contributed by atoms with Crippen LogP contribution in [0.5, 0.6) is 0 Å². The molecule has 3 rings (SSSR count). The highest BCUT2D eigenvalue weighted by molar-refractivity contribution is 5.84. The third-order valence-electron chi connectivity index (χ3n) is 4.09. The molecule has 1 heterocycles. The van der Waals surface area contributed by atoms with Gasteiger partial charge in [-0.25, -0.2) is 0 Å². The molecule has 1 aliphatic carbocycles. The Morgan fingerprint density at radius 3 is 2.72 bits per heavy atom. The lowest BCUT2D eigenvalue weighted by molar-refractivity contribution is 0.446. The number of aryl methyl sites for hydroxylation is 1. The summed E-state index contributed by atoms with van der Waals surface area (Å²) in [6, 6.07) is 11.0. The van der Waals surface area contributed by atoms with Crippen LogP contribution in [0.3, 0.4) is 0 Å². The SMILES string of the molecule is CNC(c1cn(C)c2ccccc12)C1(C#N)CC1. The van der Waals surface area contributed by atoms with Crippen LogP contribution in [0, 0.1) is 16.7 Å². The molecule has 1 unspecified atom stereocenters. The summed E-state index contributed by atoms with van der Waals surface area (Å²) >= 11 is 0. The lowest BCUT2D eigenvalue weighted by Crippen LogP contribution is -2.25. The van der Waals surface area contributed by atoms with Gasteiger partial charge in [-0.05, 0) is 31.5 Å². The van der Waals surface area contributed by atoms with Crippen LogP contribution in [0.1, 0.15) is 24.4 Å². The van der Waals surface area contributed by atoms with Crippen molar-refractivity contribution in [3.63, 3.8) is 0 Å². The maximum atomic E-state index is 9.40. The van der Waals surface area contributed by atoms with E-state index < -0.39 is 0 Å². The fourth-order valence-electron chi connectivity index (χ4n) is 2.93. The number of hydrogen-bond donors (Lipinski definition) is 1. The van der Waals surface area contributed by atoms with Gasteiger partial charge >= 0.3 is 0 Å². The number of nitriles is 1. The molecule has 1 aromatic heterocycles. The predicted octanol–water partition coefficient (Wildman–Crippen LogP) is 2.74. The van der Waals surface area contributed by atoms with Crippen LogP contribution in [0.4, 0.5) is 0 Å². The van der Waals surface area contributed by atoms with Crippen LogP contribution in [0.2, 0.25) is 0 Å². The standard InChI is InChI=1S/C15H17N3/c1-17-14(15(10-16)7-8-15)12-9-18(2)13-6-4-3-5-11(12)13/h3-6,9,14,17H,7-8H2,1-2H3. The van der Waals surface area contributed by atoms with Gasteiger partial charge in [-0.2, -0.15) is 5.26 Å². The Hall–Kier alpha value is -1.79. The van der Waals surface area contributed by atoms with Gasteiger partial charge in [0.25, 0.3) is 0 Å². The molecule has 2 aromatic rings. The summed E-state index contributed by atoms with van der Waals surface area (Å²) in [5.41, 5.74) is 2.27. The van der Waals surface area contributed by atoms with E-state index in [2.05, 4.69) is 53.5 Å². The van der Waals surface area contributed by atoms with E-state index in [1.54, 1.807) is 0 Å². The van der Waals surface area contributed by atoms with Crippen molar-refractivity contribution in [3.05, 3.63) is 36.0 Å². The molecule has 1 aromatic carbocycles. The highest BCUT2D eigenvalue weighted by atomic mass is 15.0. The first kappa shape index (κ1) is 11.3. The maximum absolute atomic E-state index is 9.40. The molecule has 1 fully saturated rings. The molecule has 0 amide bonds. The Bertz CT molecular complexity index is 629. The summed E-state index contributed by atoms with van der Waals surface area (Å²) in [7, 11) is 4.01. The highest BCUT2D eigenvalue weighted by Crippen LogP contribution is 2.55. The zero-order valence-electron chi connectivity index (χ0n) is 10.8. The van der Waals surface area contributed by atoms with Gasteiger partial charge in [0.15, 0.2) is 0 Å². The largest absolute Gasteiger partial charge is 0.350 e. The fourth-order valence-corrected chi connectivity index (χ4v) is 2.93. The lowest BCUT2D eigenvalue weighted by atomic mass is 9.91. The van der Waals surface area contributed by atoms with Gasteiger partial charge in [0, 0.05) is 24.1 Å². The predicted molar refractivity (Wildman–Crippen MR) is 72.0 cm³/mol. The minimum Gasteiger partial charge on any atom is -0.350 e. The third-order valence-corrected chi connectivity index (χ3v) is 4.09. The van der Waals surface area contributed by atoms with Crippen LogP contribution in [0.15, 0.2) is 30.5 Å². The number of nitrogens with one attached hydrogen (secondary N) is 1. The van der Waals surface area contributed by atoms with Gasteiger partial charge in [-0.15, -0.1) is 0 Å². The average Bonchev–Trinajstić information content (AvgIpc) is 3.12. The summed E-state index contributed by atoms with van der Waals surface area (Å²) < 4.78 is 2.14. The second kappa shape index (κ2) is 3.86. The van der Waals surface area contributed by atoms with Gasteiger partial charge in [0.2, 0.25) is 0 Å². The van der Waals surface area contributed by atoms with Crippen LogP contribution >= 0.6 is 0 Å². The minimum atomic E-state index is -0.196. The van der Waals surface area contributed by atoms with E-state index >= 15 is 0 Å². The molecule has 1 saturated carbocycles. The summed E-state index contributed by atoms with van der Waals surface area (Å²) in [4.78, 5) is 0. The highest BCUT2D eigenvalue weighted by Gasteiger charge is 2.50. The first-order chi connectivity index (χ1) is 8.72. The molecule has 1 atom stereocenters. The minimum absolute atomic E-state index is 0.133. The van der Waals surface area contributed by atoms with E-state index in [1.807, 2.05) is 7.05 Å². The summed E-state index contributed by atoms with van der Waals surface area (Å²) in [5, 5.41) is 14.0. The van der Waals surface area contributed by atoms with Crippen molar-refractivity contribution in [2.45, 2.75) is 18.9 Å². The number of benzene rings is 1. The van der Waals surface area contributed by atoms with E-state index in [4.69, 9.17) is 0 Å². The van der Waals surface area contributed by atoms with Crippen molar-refractivity contribution in [2.75, 3.05) is 7.05 Å². The number of aromatic nitrogens is 1. The van der Waals surface area contributed by atoms with Crippen molar-refractivity contribution < 1.29 is 0 Å². The number of nitrogens with zero attached hydrogens (tertiary/aromatic N) is 2. The van der Waals surface area contributed by atoms with Crippen molar-refractivity contribution in [1.29, 1.82) is 5.26 Å². The fraction of sp³-hybridized carbons (Fsp3) is 0.400. The molecular weight excluding hydrogens is 222 g/mol. The number of fused-ring (bicyclic) bond motifs is 1. The quantitative estimate of drug-likeness (QED) is 0.894. The second-order valence-corrected chi connectivity index (χ2v) is 5.20. The lowest BCUT2D eigenvalue weighted by Gasteiger charge is -2.20. The van der Waals surface area contributed by atoms with E-state index in [-0.39, 0.29) is 11.5 Å². The molecule has 0 radical (unpaired) electrons. The topological polar surface area (TPSA) is 40.8 Å². The third kappa shape index (κ3) is 1.46. The first-order valence-electron chi connectivity index (χ1n) is 6.34. The van der Waals surface area contributed by atoms with E-state index in [0.717, 1.165) is 12.8 Å². The van der Waals surface area contributed by atoms with Gasteiger partial charge in [-0.1, -0.05) is 18.2 Å². The normalized spacial score (nSPS) is 18.5. The van der Waals surface area contributed by atoms with Crippen LogP contribution in [-0.4, -0.2) is 11.6 Å². The summed E-state index contributed by atoms with van der Waals surface area (Å²) in [6.07, 6.45) is 4.15. The second-order valence-electron chi connectivity index (χ2n) is 5.20. The Kier molecular flexibility index (Phi) is 2.42. The van der Waals surface area contributed by atoms with E-state index in [1.165, 1.54) is 16.5 Å². The molecule has 92 valence electrons. The Morgan fingerprint density at radius 1 is 1.39 bits per heavy atom. The van der Waals surface area contributed by atoms with Gasteiger partial charge in [0.05, 0.1) is 17.5 Å². The van der Waals surface area contributed by atoms with E-state index in [0.29, 0.717) is 0 Å². The molecule has 0 aliphatic heterocycles. The van der Waals surface area contributed by atoms with Gasteiger partial charge < -0.3 is 9.88 Å². The van der Waals surface area contributed by atoms with Crippen LogP contribution < -0.4 is 5.32 Å². The van der Waals surface area contributed by atoms with Crippen molar-refractivity contribution in [1.82, 2.24) is 9.88 Å². The van der Waals surface area contributed by atoms with Crippen LogP contribution in [-0.2, 0) is 7.05 Å². The maximum Gasteiger partial charge on any atom is 0.0770 e. The van der Waals surface area contributed by atoms with Gasteiger partial charge in [-0.3, -0.25) is 0 Å². The van der Waals surface area contributed by atoms with Crippen molar-refractivity contribution in [2.24, 2.45) is 12.5 Å². The van der Waals surface area contributed by atoms with Crippen molar-refractivity contribution in [3.8, 4) is 6.07 Å². The average molecular weight is 239 g/mol. The zero-order valence-corrected chi connectivity index (χ0v) is 10.8. The summed E-state index contributed by atoms with van der Waals surface area (Å²) in [6.45, 7) is 0. The molecule has 0 bridgehead atoms. The Labute approximate surface area is 107 Å². The molecule has 0 saturated heterocycles. The number of para-hydroxylation sites is 1. The van der Waals surface area contributed by atoms with Crippen LogP contribution in [0.25, 0.3) is 10.9 Å². The molecule has 18 heavy (non-hydrogen) atoms. The Morgan fingerprint density at radius 2 is 2.11 bits per heavy atom. The monoisotopic (exact) mass is 239 g/mol. The molecular formula is C15H17N3. The van der Waals surface area contributed by atoms with Gasteiger partial charge in [0.1, 0.15) is 0 Å². The first-order valence-corrected chi connectivity index (χ1v) is 6.34. The molecule has 3 nitrogen and oxygen atoms in total. The smallest absolute Gasteiger partial charge is 0.0770 e. The van der Waals surface area contributed by atoms with Crippen molar-refractivity contribution >= 4 is 10.9 Å². The summed E-state index contributed by atoms with van der Waals surface area (Å²) in [5.74, 6) is 0. The molecule has 1 N–H and O–H groups in total. The molecule has 3 heteroatoms. The number of rotatable bonds is 3. The number of hydrogen-bond acceptors (Lipinski definition) is 2. The Balaban J connectivity index is 2.17. The van der Waals surface area contributed by atoms with E-state index in [9.17, 15) is 5.26 Å². The molecule has 1 aliphatic rings. The molecule has 0 spiro atoms. The zero-order chi connectivity index (χ0) is 12.8.